The van der Waals surface area contributed by atoms with E-state index in [9.17, 15) is 18.0 Å². The third kappa shape index (κ3) is 5.18. The lowest BCUT2D eigenvalue weighted by molar-refractivity contribution is -0.137. The molecule has 26 heavy (non-hydrogen) atoms. The van der Waals surface area contributed by atoms with Crippen molar-refractivity contribution in [3.05, 3.63) is 47.7 Å². The van der Waals surface area contributed by atoms with Crippen molar-refractivity contribution < 1.29 is 18.0 Å². The first kappa shape index (κ1) is 19.7. The Morgan fingerprint density at radius 2 is 1.62 bits per heavy atom. The smallest absolute Gasteiger partial charge is 0.355 e. The number of nitrogens with zero attached hydrogens (tertiary/aromatic N) is 3. The summed E-state index contributed by atoms with van der Waals surface area (Å²) in [6.45, 7) is 5.84. The lowest BCUT2D eigenvalue weighted by Crippen LogP contribution is -2.26. The number of nitrogens with one attached hydrogen (secondary N) is 1. The third-order valence-corrected chi connectivity index (χ3v) is 3.66. The van der Waals surface area contributed by atoms with Gasteiger partial charge in [0, 0.05) is 18.8 Å². The second kappa shape index (κ2) is 8.64. The largest absolute Gasteiger partial charge is 0.416 e. The number of amides is 1. The van der Waals surface area contributed by atoms with Gasteiger partial charge in [0.05, 0.1) is 5.56 Å². The van der Waals surface area contributed by atoms with Crippen LogP contribution in [0.2, 0.25) is 0 Å². The lowest BCUT2D eigenvalue weighted by Gasteiger charge is -2.21. The Morgan fingerprint density at radius 3 is 2.08 bits per heavy atom. The van der Waals surface area contributed by atoms with Crippen LogP contribution in [0.3, 0.4) is 0 Å². The van der Waals surface area contributed by atoms with E-state index in [0.717, 1.165) is 38.1 Å². The monoisotopic (exact) mass is 366 g/mol. The van der Waals surface area contributed by atoms with E-state index >= 15 is 0 Å². The summed E-state index contributed by atoms with van der Waals surface area (Å²) < 4.78 is 37.7. The molecule has 8 heteroatoms. The molecule has 2 rings (SSSR count). The molecule has 1 aromatic heterocycles. The minimum absolute atomic E-state index is 0.0987. The molecule has 1 aromatic carbocycles. The SMILES string of the molecule is CCCN(CCC)c1ccc(C(=O)Nc2ccc(C(F)(F)F)cc2)nn1. The number of hydrogen-bond donors (Lipinski definition) is 1. The van der Waals surface area contributed by atoms with Gasteiger partial charge in [0.2, 0.25) is 0 Å². The van der Waals surface area contributed by atoms with Gasteiger partial charge in [0.25, 0.3) is 5.91 Å². The number of rotatable bonds is 7. The Bertz CT molecular complexity index is 709. The minimum atomic E-state index is -4.41. The molecule has 0 radical (unpaired) electrons. The molecule has 0 atom stereocenters. The van der Waals surface area contributed by atoms with Gasteiger partial charge in [-0.25, -0.2) is 0 Å². The Labute approximate surface area is 150 Å². The maximum atomic E-state index is 12.6. The van der Waals surface area contributed by atoms with E-state index in [-0.39, 0.29) is 11.4 Å². The van der Waals surface area contributed by atoms with Gasteiger partial charge in [-0.3, -0.25) is 4.79 Å². The van der Waals surface area contributed by atoms with Crippen LogP contribution < -0.4 is 10.2 Å². The highest BCUT2D eigenvalue weighted by atomic mass is 19.4. The highest BCUT2D eigenvalue weighted by Crippen LogP contribution is 2.29. The Morgan fingerprint density at radius 1 is 1.00 bits per heavy atom. The maximum absolute atomic E-state index is 12.6. The van der Waals surface area contributed by atoms with Crippen molar-refractivity contribution >= 4 is 17.4 Å². The van der Waals surface area contributed by atoms with E-state index in [1.165, 1.54) is 12.1 Å². The fourth-order valence-corrected chi connectivity index (χ4v) is 2.43. The van der Waals surface area contributed by atoms with Crippen LogP contribution in [0.4, 0.5) is 24.7 Å². The van der Waals surface area contributed by atoms with Gasteiger partial charge in [-0.1, -0.05) is 13.8 Å². The summed E-state index contributed by atoms with van der Waals surface area (Å²) in [6, 6.07) is 7.51. The van der Waals surface area contributed by atoms with Gasteiger partial charge in [-0.05, 0) is 49.2 Å². The van der Waals surface area contributed by atoms with Crippen molar-refractivity contribution in [1.82, 2.24) is 10.2 Å². The maximum Gasteiger partial charge on any atom is 0.416 e. The van der Waals surface area contributed by atoms with Crippen LogP contribution in [-0.2, 0) is 6.18 Å². The van der Waals surface area contributed by atoms with Crippen molar-refractivity contribution in [3.8, 4) is 0 Å². The van der Waals surface area contributed by atoms with Gasteiger partial charge < -0.3 is 10.2 Å². The molecular weight excluding hydrogens is 345 g/mol. The van der Waals surface area contributed by atoms with Crippen LogP contribution in [0.25, 0.3) is 0 Å². The molecule has 5 nitrogen and oxygen atoms in total. The van der Waals surface area contributed by atoms with Crippen molar-refractivity contribution in [1.29, 1.82) is 0 Å². The summed E-state index contributed by atoms with van der Waals surface area (Å²) >= 11 is 0. The molecule has 0 saturated heterocycles. The Balaban J connectivity index is 2.05. The molecule has 0 spiro atoms. The number of anilines is 2. The summed E-state index contributed by atoms with van der Waals surface area (Å²) in [6.07, 6.45) is -2.47. The number of aromatic nitrogens is 2. The molecule has 0 unspecified atom stereocenters. The van der Waals surface area contributed by atoms with E-state index < -0.39 is 17.6 Å². The van der Waals surface area contributed by atoms with E-state index in [4.69, 9.17) is 0 Å². The Hall–Kier alpha value is -2.64. The summed E-state index contributed by atoms with van der Waals surface area (Å²) in [5.74, 6) is 0.168. The van der Waals surface area contributed by atoms with E-state index in [1.807, 2.05) is 0 Å². The van der Waals surface area contributed by atoms with Crippen molar-refractivity contribution in [2.24, 2.45) is 0 Å². The van der Waals surface area contributed by atoms with E-state index in [1.54, 1.807) is 12.1 Å². The molecule has 0 aliphatic carbocycles. The zero-order valence-corrected chi connectivity index (χ0v) is 14.7. The number of halogens is 3. The second-order valence-corrected chi connectivity index (χ2v) is 5.79. The molecule has 2 aromatic rings. The van der Waals surface area contributed by atoms with Crippen molar-refractivity contribution in [2.75, 3.05) is 23.3 Å². The number of carbonyl (C=O) groups excluding carboxylic acids is 1. The van der Waals surface area contributed by atoms with Gasteiger partial charge in [0.15, 0.2) is 11.5 Å². The number of benzene rings is 1. The molecule has 1 N–H and O–H groups in total. The average Bonchev–Trinajstić information content (AvgIpc) is 2.61. The molecule has 140 valence electrons. The summed E-state index contributed by atoms with van der Waals surface area (Å²) in [5, 5.41) is 10.5. The highest BCUT2D eigenvalue weighted by Gasteiger charge is 2.30. The van der Waals surface area contributed by atoms with Gasteiger partial charge in [-0.15, -0.1) is 10.2 Å². The van der Waals surface area contributed by atoms with Crippen LogP contribution in [0, 0.1) is 0 Å². The van der Waals surface area contributed by atoms with Crippen molar-refractivity contribution in [3.63, 3.8) is 0 Å². The molecule has 0 saturated carbocycles. The standard InChI is InChI=1S/C18H21F3N4O/c1-3-11-25(12-4-2)16-10-9-15(23-24-16)17(26)22-14-7-5-13(6-8-14)18(19,20)21/h5-10H,3-4,11-12H2,1-2H3,(H,22,26). The van der Waals surface area contributed by atoms with Crippen LogP contribution in [0.5, 0.6) is 0 Å². The first-order valence-corrected chi connectivity index (χ1v) is 8.42. The van der Waals surface area contributed by atoms with Crippen LogP contribution in [0.15, 0.2) is 36.4 Å². The minimum Gasteiger partial charge on any atom is -0.355 e. The second-order valence-electron chi connectivity index (χ2n) is 5.79. The fourth-order valence-electron chi connectivity index (χ4n) is 2.43. The average molecular weight is 366 g/mol. The molecule has 1 heterocycles. The van der Waals surface area contributed by atoms with Gasteiger partial charge in [0.1, 0.15) is 0 Å². The number of alkyl halides is 3. The van der Waals surface area contributed by atoms with Gasteiger partial charge >= 0.3 is 6.18 Å². The molecule has 0 bridgehead atoms. The normalized spacial score (nSPS) is 11.3. The Kier molecular flexibility index (Phi) is 6.54. The topological polar surface area (TPSA) is 58.1 Å². The van der Waals surface area contributed by atoms with E-state index in [0.29, 0.717) is 5.82 Å². The van der Waals surface area contributed by atoms with Crippen molar-refractivity contribution in [2.45, 2.75) is 32.9 Å². The van der Waals surface area contributed by atoms with Crippen LogP contribution in [-0.4, -0.2) is 29.2 Å². The molecule has 0 aliphatic rings. The molecule has 1 amide bonds. The highest BCUT2D eigenvalue weighted by molar-refractivity contribution is 6.02. The number of carbonyl (C=O) groups is 1. The first-order valence-electron chi connectivity index (χ1n) is 8.42. The zero-order valence-electron chi connectivity index (χ0n) is 14.7. The van der Waals surface area contributed by atoms with Crippen LogP contribution in [0.1, 0.15) is 42.7 Å². The summed E-state index contributed by atoms with van der Waals surface area (Å²) in [7, 11) is 0. The van der Waals surface area contributed by atoms with Crippen LogP contribution >= 0.6 is 0 Å². The quantitative estimate of drug-likeness (QED) is 0.790. The summed E-state index contributed by atoms with van der Waals surface area (Å²) in [4.78, 5) is 14.3. The third-order valence-electron chi connectivity index (χ3n) is 3.66. The number of hydrogen-bond acceptors (Lipinski definition) is 4. The summed E-state index contributed by atoms with van der Waals surface area (Å²) in [5.41, 5.74) is -0.416. The first-order chi connectivity index (χ1) is 12.3. The fraction of sp³-hybridized carbons (Fsp3) is 0.389. The predicted octanol–water partition coefficient (Wildman–Crippen LogP) is 4.37. The molecular formula is C18H21F3N4O. The molecule has 0 fully saturated rings. The molecule has 0 aliphatic heterocycles. The zero-order chi connectivity index (χ0) is 19.2. The van der Waals surface area contributed by atoms with E-state index in [2.05, 4.69) is 34.3 Å². The lowest BCUT2D eigenvalue weighted by atomic mass is 10.2. The van der Waals surface area contributed by atoms with Gasteiger partial charge in [-0.2, -0.15) is 13.2 Å². The predicted molar refractivity (Wildman–Crippen MR) is 94.2 cm³/mol.